The van der Waals surface area contributed by atoms with Crippen molar-refractivity contribution in [2.45, 2.75) is 4.90 Å². The number of carbonyl (C=O) groups excluding carboxylic acids is 1. The first kappa shape index (κ1) is 14.3. The van der Waals surface area contributed by atoms with Gasteiger partial charge in [-0.3, -0.25) is 4.79 Å². The number of anilines is 1. The number of rotatable bonds is 5. The van der Waals surface area contributed by atoms with Crippen LogP contribution < -0.4 is 10.1 Å². The summed E-state index contributed by atoms with van der Waals surface area (Å²) >= 11 is 1.28. The topological polar surface area (TPSA) is 58.6 Å². The van der Waals surface area contributed by atoms with E-state index in [0.29, 0.717) is 16.3 Å². The number of nitrogens with one attached hydrogen (secondary N) is 1. The third kappa shape index (κ3) is 3.68. The predicted octanol–water partition coefficient (Wildman–Crippen LogP) is 3.13. The Balaban J connectivity index is 1.95. The van der Waals surface area contributed by atoms with Crippen LogP contribution in [0.25, 0.3) is 0 Å². The molecule has 20 heavy (non-hydrogen) atoms. The summed E-state index contributed by atoms with van der Waals surface area (Å²) in [7, 11) is 1.56. The summed E-state index contributed by atoms with van der Waals surface area (Å²) in [4.78, 5) is 12.6. The maximum Gasteiger partial charge on any atom is 0.234 e. The van der Waals surface area contributed by atoms with E-state index in [-0.39, 0.29) is 17.4 Å². The second-order valence-corrected chi connectivity index (χ2v) is 5.02. The Morgan fingerprint density at radius 1 is 1.20 bits per heavy atom. The molecule has 0 bridgehead atoms. The monoisotopic (exact) mass is 289 g/mol. The molecule has 0 aromatic heterocycles. The molecule has 0 saturated carbocycles. The largest absolute Gasteiger partial charge is 0.507 e. The molecular formula is C15H15NO3S. The Hall–Kier alpha value is -2.14. The van der Waals surface area contributed by atoms with Crippen LogP contribution in [-0.2, 0) is 4.79 Å². The highest BCUT2D eigenvalue weighted by Gasteiger charge is 2.08. The van der Waals surface area contributed by atoms with Gasteiger partial charge in [0, 0.05) is 4.90 Å². The van der Waals surface area contributed by atoms with Crippen molar-refractivity contribution < 1.29 is 14.6 Å². The molecule has 0 radical (unpaired) electrons. The zero-order valence-corrected chi connectivity index (χ0v) is 11.8. The van der Waals surface area contributed by atoms with Gasteiger partial charge < -0.3 is 15.2 Å². The average Bonchev–Trinajstić information content (AvgIpc) is 2.47. The van der Waals surface area contributed by atoms with Gasteiger partial charge in [-0.2, -0.15) is 0 Å². The van der Waals surface area contributed by atoms with Gasteiger partial charge >= 0.3 is 0 Å². The van der Waals surface area contributed by atoms with Crippen molar-refractivity contribution in [3.8, 4) is 11.5 Å². The van der Waals surface area contributed by atoms with Crippen molar-refractivity contribution in [2.24, 2.45) is 0 Å². The van der Waals surface area contributed by atoms with Crippen LogP contribution >= 0.6 is 11.8 Å². The fraction of sp³-hybridized carbons (Fsp3) is 0.133. The number of phenols is 1. The van der Waals surface area contributed by atoms with Gasteiger partial charge in [-0.25, -0.2) is 0 Å². The molecule has 0 heterocycles. The Labute approximate surface area is 121 Å². The third-order valence-corrected chi connectivity index (χ3v) is 3.67. The van der Waals surface area contributed by atoms with Crippen molar-refractivity contribution in [1.82, 2.24) is 0 Å². The van der Waals surface area contributed by atoms with Crippen molar-refractivity contribution >= 4 is 23.4 Å². The lowest BCUT2D eigenvalue weighted by atomic mass is 10.3. The molecule has 5 heteroatoms. The van der Waals surface area contributed by atoms with E-state index in [2.05, 4.69) is 5.32 Å². The Morgan fingerprint density at radius 3 is 2.65 bits per heavy atom. The molecular weight excluding hydrogens is 274 g/mol. The normalized spacial score (nSPS) is 10.1. The fourth-order valence-corrected chi connectivity index (χ4v) is 2.41. The summed E-state index contributed by atoms with van der Waals surface area (Å²) in [5, 5.41) is 12.4. The maximum absolute atomic E-state index is 11.9. The summed E-state index contributed by atoms with van der Waals surface area (Å²) in [6.07, 6.45) is 0. The SMILES string of the molecule is COc1ccccc1NC(=O)CSc1ccccc1O. The van der Waals surface area contributed by atoms with Crippen LogP contribution in [0.5, 0.6) is 11.5 Å². The molecule has 0 spiro atoms. The maximum atomic E-state index is 11.9. The minimum Gasteiger partial charge on any atom is -0.507 e. The number of hydrogen-bond acceptors (Lipinski definition) is 4. The van der Waals surface area contributed by atoms with Crippen LogP contribution in [0.2, 0.25) is 0 Å². The number of carbonyl (C=O) groups is 1. The van der Waals surface area contributed by atoms with E-state index in [1.54, 1.807) is 37.4 Å². The van der Waals surface area contributed by atoms with Gasteiger partial charge in [-0.15, -0.1) is 11.8 Å². The van der Waals surface area contributed by atoms with Crippen LogP contribution in [0, 0.1) is 0 Å². The van der Waals surface area contributed by atoms with Crippen LogP contribution in [0.1, 0.15) is 0 Å². The van der Waals surface area contributed by atoms with Gasteiger partial charge in [0.25, 0.3) is 0 Å². The Bertz CT molecular complexity index is 601. The van der Waals surface area contributed by atoms with Crippen LogP contribution in [0.3, 0.4) is 0 Å². The van der Waals surface area contributed by atoms with E-state index in [1.807, 2.05) is 18.2 Å². The molecule has 2 aromatic carbocycles. The van der Waals surface area contributed by atoms with E-state index in [9.17, 15) is 9.90 Å². The first-order valence-electron chi connectivity index (χ1n) is 6.04. The van der Waals surface area contributed by atoms with E-state index < -0.39 is 0 Å². The van der Waals surface area contributed by atoms with Crippen molar-refractivity contribution in [1.29, 1.82) is 0 Å². The van der Waals surface area contributed by atoms with Crippen LogP contribution in [0.15, 0.2) is 53.4 Å². The molecule has 2 N–H and O–H groups in total. The average molecular weight is 289 g/mol. The van der Waals surface area contributed by atoms with Gasteiger partial charge in [0.1, 0.15) is 11.5 Å². The highest BCUT2D eigenvalue weighted by Crippen LogP contribution is 2.28. The summed E-state index contributed by atoms with van der Waals surface area (Å²) < 4.78 is 5.17. The molecule has 104 valence electrons. The molecule has 0 fully saturated rings. The van der Waals surface area contributed by atoms with E-state index in [0.717, 1.165) is 0 Å². The summed E-state index contributed by atoms with van der Waals surface area (Å²) in [6, 6.07) is 14.2. The number of ether oxygens (including phenoxy) is 1. The van der Waals surface area contributed by atoms with Gasteiger partial charge in [-0.1, -0.05) is 24.3 Å². The smallest absolute Gasteiger partial charge is 0.234 e. The van der Waals surface area contributed by atoms with E-state index >= 15 is 0 Å². The van der Waals surface area contributed by atoms with Gasteiger partial charge in [0.05, 0.1) is 18.6 Å². The second-order valence-electron chi connectivity index (χ2n) is 4.00. The van der Waals surface area contributed by atoms with Crippen LogP contribution in [0.4, 0.5) is 5.69 Å². The van der Waals surface area contributed by atoms with Gasteiger partial charge in [0.2, 0.25) is 5.91 Å². The first-order valence-corrected chi connectivity index (χ1v) is 7.03. The zero-order chi connectivity index (χ0) is 14.4. The highest BCUT2D eigenvalue weighted by molar-refractivity contribution is 8.00. The lowest BCUT2D eigenvalue weighted by Crippen LogP contribution is -2.14. The number of methoxy groups -OCH3 is 1. The minimum atomic E-state index is -0.150. The van der Waals surface area contributed by atoms with Gasteiger partial charge in [0.15, 0.2) is 0 Å². The second kappa shape index (κ2) is 6.86. The molecule has 0 aliphatic carbocycles. The quantitative estimate of drug-likeness (QED) is 0.830. The van der Waals surface area contributed by atoms with Crippen molar-refractivity contribution in [3.63, 3.8) is 0 Å². The molecule has 0 unspecified atom stereocenters. The van der Waals surface area contributed by atoms with Crippen molar-refractivity contribution in [3.05, 3.63) is 48.5 Å². The Kier molecular flexibility index (Phi) is 4.90. The standard InChI is InChI=1S/C15H15NO3S/c1-19-13-8-4-2-6-11(13)16-15(18)10-20-14-9-5-3-7-12(14)17/h2-9,17H,10H2,1H3,(H,16,18). The van der Waals surface area contributed by atoms with E-state index in [4.69, 9.17) is 4.74 Å². The highest BCUT2D eigenvalue weighted by atomic mass is 32.2. The lowest BCUT2D eigenvalue weighted by Gasteiger charge is -2.09. The fourth-order valence-electron chi connectivity index (χ4n) is 1.66. The molecule has 4 nitrogen and oxygen atoms in total. The number of aromatic hydroxyl groups is 1. The number of hydrogen-bond donors (Lipinski definition) is 2. The molecule has 1 amide bonds. The zero-order valence-electron chi connectivity index (χ0n) is 11.0. The first-order chi connectivity index (χ1) is 9.70. The third-order valence-electron chi connectivity index (χ3n) is 2.61. The predicted molar refractivity (Wildman–Crippen MR) is 80.5 cm³/mol. The molecule has 2 aromatic rings. The number of thioether (sulfide) groups is 1. The molecule has 2 rings (SSSR count). The number of phenolic OH excluding ortho intramolecular Hbond substituents is 1. The van der Waals surface area contributed by atoms with Crippen molar-refractivity contribution in [2.75, 3.05) is 18.2 Å². The molecule has 0 saturated heterocycles. The minimum absolute atomic E-state index is 0.150. The number of benzene rings is 2. The van der Waals surface area contributed by atoms with Crippen LogP contribution in [-0.4, -0.2) is 23.9 Å². The summed E-state index contributed by atoms with van der Waals surface area (Å²) in [5.74, 6) is 0.870. The lowest BCUT2D eigenvalue weighted by molar-refractivity contribution is -0.113. The Morgan fingerprint density at radius 2 is 1.90 bits per heavy atom. The molecule has 0 aliphatic rings. The molecule has 0 atom stereocenters. The summed E-state index contributed by atoms with van der Waals surface area (Å²) in [6.45, 7) is 0. The summed E-state index contributed by atoms with van der Waals surface area (Å²) in [5.41, 5.74) is 0.637. The van der Waals surface area contributed by atoms with E-state index in [1.165, 1.54) is 11.8 Å². The number of amides is 1. The molecule has 0 aliphatic heterocycles. The van der Waals surface area contributed by atoms with Gasteiger partial charge in [-0.05, 0) is 24.3 Å². The number of para-hydroxylation sites is 3.